The molecule has 3 heteroatoms. The molecule has 0 saturated heterocycles. The number of benzene rings is 1. The molecule has 0 aliphatic carbocycles. The number of aryl methyl sites for hydroxylation is 1. The molecule has 0 amide bonds. The summed E-state index contributed by atoms with van der Waals surface area (Å²) in [4.78, 5) is 0. The number of rotatable bonds is 4. The number of nitrogens with zero attached hydrogens (tertiary/aromatic N) is 1. The van der Waals surface area contributed by atoms with Crippen LogP contribution in [0.5, 0.6) is 0 Å². The van der Waals surface area contributed by atoms with Gasteiger partial charge in [-0.25, -0.2) is 0 Å². The summed E-state index contributed by atoms with van der Waals surface area (Å²) < 4.78 is 5.12. The zero-order valence-corrected chi connectivity index (χ0v) is 9.37. The highest BCUT2D eigenvalue weighted by molar-refractivity contribution is 5.58. The van der Waals surface area contributed by atoms with Gasteiger partial charge in [-0.05, 0) is 31.5 Å². The number of anilines is 1. The molecule has 0 spiro atoms. The molecule has 0 aliphatic rings. The Morgan fingerprint density at radius 2 is 2.27 bits per heavy atom. The zero-order chi connectivity index (χ0) is 11.3. The van der Waals surface area contributed by atoms with Gasteiger partial charge in [0, 0.05) is 13.7 Å². The van der Waals surface area contributed by atoms with Gasteiger partial charge in [0.15, 0.2) is 0 Å². The summed E-state index contributed by atoms with van der Waals surface area (Å²) in [6.07, 6.45) is 0.137. The quantitative estimate of drug-likeness (QED) is 0.818. The first-order valence-corrected chi connectivity index (χ1v) is 4.94. The van der Waals surface area contributed by atoms with Crippen LogP contribution < -0.4 is 5.32 Å². The van der Waals surface area contributed by atoms with Crippen LogP contribution in [-0.2, 0) is 4.74 Å². The number of methoxy groups -OCH3 is 1. The largest absolute Gasteiger partial charge is 0.381 e. The van der Waals surface area contributed by atoms with Gasteiger partial charge in [0.05, 0.1) is 17.4 Å². The lowest BCUT2D eigenvalue weighted by Gasteiger charge is -2.13. The van der Waals surface area contributed by atoms with Crippen LogP contribution in [-0.4, -0.2) is 19.8 Å². The third kappa shape index (κ3) is 3.26. The van der Waals surface area contributed by atoms with Crippen molar-refractivity contribution in [3.05, 3.63) is 29.3 Å². The smallest absolute Gasteiger partial charge is 0.101 e. The van der Waals surface area contributed by atoms with E-state index in [1.165, 1.54) is 0 Å². The standard InChI is InChI=1S/C12H16N2O/c1-9-4-5-12(11(6-9)7-13)14-8-10(2)15-3/h4-6,10,14H,8H2,1-3H3. The third-order valence-corrected chi connectivity index (χ3v) is 2.28. The highest BCUT2D eigenvalue weighted by Gasteiger charge is 2.03. The highest BCUT2D eigenvalue weighted by atomic mass is 16.5. The fourth-order valence-electron chi connectivity index (χ4n) is 1.24. The molecule has 80 valence electrons. The summed E-state index contributed by atoms with van der Waals surface area (Å²) in [6, 6.07) is 7.96. The average Bonchev–Trinajstić information content (AvgIpc) is 2.26. The van der Waals surface area contributed by atoms with Crippen LogP contribution in [0.25, 0.3) is 0 Å². The van der Waals surface area contributed by atoms with E-state index in [0.717, 1.165) is 11.3 Å². The van der Waals surface area contributed by atoms with E-state index in [1.54, 1.807) is 7.11 Å². The van der Waals surface area contributed by atoms with E-state index in [9.17, 15) is 0 Å². The van der Waals surface area contributed by atoms with Crippen LogP contribution >= 0.6 is 0 Å². The predicted molar refractivity (Wildman–Crippen MR) is 60.9 cm³/mol. The van der Waals surface area contributed by atoms with E-state index in [0.29, 0.717) is 12.1 Å². The van der Waals surface area contributed by atoms with Crippen molar-refractivity contribution >= 4 is 5.69 Å². The first-order valence-electron chi connectivity index (χ1n) is 4.94. The Morgan fingerprint density at radius 3 is 2.87 bits per heavy atom. The van der Waals surface area contributed by atoms with Crippen LogP contribution in [0.2, 0.25) is 0 Å². The van der Waals surface area contributed by atoms with E-state index in [-0.39, 0.29) is 6.10 Å². The highest BCUT2D eigenvalue weighted by Crippen LogP contribution is 2.16. The Hall–Kier alpha value is -1.53. The fraction of sp³-hybridized carbons (Fsp3) is 0.417. The number of nitriles is 1. The molecule has 0 saturated carbocycles. The lowest BCUT2D eigenvalue weighted by Crippen LogP contribution is -2.18. The first-order chi connectivity index (χ1) is 7.17. The Kier molecular flexibility index (Phi) is 4.14. The molecule has 1 rings (SSSR count). The molecule has 1 atom stereocenters. The molecule has 1 aromatic rings. The van der Waals surface area contributed by atoms with Crippen molar-refractivity contribution < 1.29 is 4.74 Å². The lowest BCUT2D eigenvalue weighted by atomic mass is 10.1. The van der Waals surface area contributed by atoms with Crippen molar-refractivity contribution in [2.45, 2.75) is 20.0 Å². The normalized spacial score (nSPS) is 11.9. The van der Waals surface area contributed by atoms with Gasteiger partial charge in [0.1, 0.15) is 6.07 Å². The van der Waals surface area contributed by atoms with E-state index in [4.69, 9.17) is 10.00 Å². The van der Waals surface area contributed by atoms with Gasteiger partial charge >= 0.3 is 0 Å². The van der Waals surface area contributed by atoms with Crippen molar-refractivity contribution in [2.75, 3.05) is 19.0 Å². The van der Waals surface area contributed by atoms with Crippen LogP contribution in [0, 0.1) is 18.3 Å². The molecule has 1 aromatic carbocycles. The predicted octanol–water partition coefficient (Wildman–Crippen LogP) is 2.31. The number of nitrogens with one attached hydrogen (secondary N) is 1. The Bertz CT molecular complexity index is 368. The topological polar surface area (TPSA) is 45.0 Å². The molecule has 1 unspecified atom stereocenters. The van der Waals surface area contributed by atoms with Crippen LogP contribution in [0.3, 0.4) is 0 Å². The summed E-state index contributed by atoms with van der Waals surface area (Å²) in [5, 5.41) is 12.1. The Morgan fingerprint density at radius 1 is 1.53 bits per heavy atom. The van der Waals surface area contributed by atoms with Crippen molar-refractivity contribution in [1.29, 1.82) is 5.26 Å². The van der Waals surface area contributed by atoms with Crippen molar-refractivity contribution in [3.8, 4) is 6.07 Å². The monoisotopic (exact) mass is 204 g/mol. The van der Waals surface area contributed by atoms with E-state index in [2.05, 4.69) is 11.4 Å². The minimum absolute atomic E-state index is 0.137. The molecule has 0 radical (unpaired) electrons. The molecule has 0 heterocycles. The molecule has 0 aliphatic heterocycles. The molecule has 1 N–H and O–H groups in total. The molecule has 0 bridgehead atoms. The maximum atomic E-state index is 8.94. The van der Waals surface area contributed by atoms with Crippen molar-refractivity contribution in [2.24, 2.45) is 0 Å². The number of ether oxygens (including phenoxy) is 1. The number of hydrogen-bond donors (Lipinski definition) is 1. The van der Waals surface area contributed by atoms with E-state index < -0.39 is 0 Å². The van der Waals surface area contributed by atoms with Gasteiger partial charge in [-0.1, -0.05) is 6.07 Å². The van der Waals surface area contributed by atoms with Gasteiger partial charge in [-0.15, -0.1) is 0 Å². The Labute approximate surface area is 90.7 Å². The molecule has 3 nitrogen and oxygen atoms in total. The van der Waals surface area contributed by atoms with Crippen LogP contribution in [0.15, 0.2) is 18.2 Å². The summed E-state index contributed by atoms with van der Waals surface area (Å²) in [6.45, 7) is 4.66. The third-order valence-electron chi connectivity index (χ3n) is 2.28. The lowest BCUT2D eigenvalue weighted by molar-refractivity contribution is 0.129. The maximum absolute atomic E-state index is 8.94. The SMILES string of the molecule is COC(C)CNc1ccc(C)cc1C#N. The second-order valence-corrected chi connectivity index (χ2v) is 3.59. The van der Waals surface area contributed by atoms with Gasteiger partial charge < -0.3 is 10.1 Å². The molecule has 15 heavy (non-hydrogen) atoms. The van der Waals surface area contributed by atoms with E-state index in [1.807, 2.05) is 32.0 Å². The average molecular weight is 204 g/mol. The van der Waals surface area contributed by atoms with Crippen LogP contribution in [0.4, 0.5) is 5.69 Å². The van der Waals surface area contributed by atoms with Gasteiger partial charge in [0.2, 0.25) is 0 Å². The van der Waals surface area contributed by atoms with Gasteiger partial charge in [-0.2, -0.15) is 5.26 Å². The molecule has 0 aromatic heterocycles. The first kappa shape index (κ1) is 11.5. The summed E-state index contributed by atoms with van der Waals surface area (Å²) >= 11 is 0. The zero-order valence-electron chi connectivity index (χ0n) is 9.37. The van der Waals surface area contributed by atoms with Gasteiger partial charge in [0.25, 0.3) is 0 Å². The molecule has 0 fully saturated rings. The summed E-state index contributed by atoms with van der Waals surface area (Å²) in [5.74, 6) is 0. The minimum Gasteiger partial charge on any atom is -0.381 e. The van der Waals surface area contributed by atoms with Gasteiger partial charge in [-0.3, -0.25) is 0 Å². The molecular weight excluding hydrogens is 188 g/mol. The minimum atomic E-state index is 0.137. The second kappa shape index (κ2) is 5.38. The summed E-state index contributed by atoms with van der Waals surface area (Å²) in [5.41, 5.74) is 2.64. The second-order valence-electron chi connectivity index (χ2n) is 3.59. The van der Waals surface area contributed by atoms with E-state index >= 15 is 0 Å². The molecular formula is C12H16N2O. The van der Waals surface area contributed by atoms with Crippen molar-refractivity contribution in [1.82, 2.24) is 0 Å². The number of hydrogen-bond acceptors (Lipinski definition) is 3. The van der Waals surface area contributed by atoms with Crippen LogP contribution in [0.1, 0.15) is 18.1 Å². The maximum Gasteiger partial charge on any atom is 0.101 e. The Balaban J connectivity index is 2.73. The fourth-order valence-corrected chi connectivity index (χ4v) is 1.24. The van der Waals surface area contributed by atoms with Crippen molar-refractivity contribution in [3.63, 3.8) is 0 Å². The summed E-state index contributed by atoms with van der Waals surface area (Å²) in [7, 11) is 1.67.